The van der Waals surface area contributed by atoms with Crippen LogP contribution in [0.15, 0.2) is 12.3 Å². The van der Waals surface area contributed by atoms with E-state index in [1.807, 2.05) is 25.9 Å². The first-order chi connectivity index (χ1) is 8.41. The van der Waals surface area contributed by atoms with Crippen LogP contribution in [0.1, 0.15) is 23.7 Å². The monoisotopic (exact) mass is 255 g/mol. The summed E-state index contributed by atoms with van der Waals surface area (Å²) < 4.78 is 13.8. The molecule has 1 rings (SSSR count). The van der Waals surface area contributed by atoms with E-state index in [0.717, 1.165) is 19.0 Å². The van der Waals surface area contributed by atoms with Gasteiger partial charge in [-0.3, -0.25) is 0 Å². The fourth-order valence-electron chi connectivity index (χ4n) is 1.47. The van der Waals surface area contributed by atoms with Crippen molar-refractivity contribution in [2.75, 3.05) is 26.0 Å². The van der Waals surface area contributed by atoms with Gasteiger partial charge in [-0.25, -0.2) is 14.2 Å². The number of carboxylic acid groups (broad SMARTS) is 1. The molecule has 6 heteroatoms. The minimum atomic E-state index is -1.29. The molecule has 18 heavy (non-hydrogen) atoms. The van der Waals surface area contributed by atoms with Gasteiger partial charge in [0.25, 0.3) is 0 Å². The van der Waals surface area contributed by atoms with E-state index in [2.05, 4.69) is 10.3 Å². The molecule has 0 saturated carbocycles. The lowest BCUT2D eigenvalue weighted by atomic mass is 10.2. The second-order valence-electron chi connectivity index (χ2n) is 4.46. The smallest absolute Gasteiger partial charge is 0.338 e. The average Bonchev–Trinajstić information content (AvgIpc) is 2.29. The van der Waals surface area contributed by atoms with Gasteiger partial charge < -0.3 is 15.3 Å². The van der Waals surface area contributed by atoms with Gasteiger partial charge in [0.2, 0.25) is 0 Å². The summed E-state index contributed by atoms with van der Waals surface area (Å²) in [5, 5.41) is 11.7. The summed E-state index contributed by atoms with van der Waals surface area (Å²) in [7, 11) is 3.91. The third-order valence-electron chi connectivity index (χ3n) is 2.51. The van der Waals surface area contributed by atoms with E-state index in [1.54, 1.807) is 0 Å². The molecule has 100 valence electrons. The first-order valence-corrected chi connectivity index (χ1v) is 5.71. The molecule has 1 unspecified atom stereocenters. The van der Waals surface area contributed by atoms with Crippen molar-refractivity contribution in [3.63, 3.8) is 0 Å². The van der Waals surface area contributed by atoms with E-state index in [4.69, 9.17) is 5.11 Å². The van der Waals surface area contributed by atoms with Crippen LogP contribution in [-0.4, -0.2) is 47.6 Å². The Kier molecular flexibility index (Phi) is 5.03. The summed E-state index contributed by atoms with van der Waals surface area (Å²) in [4.78, 5) is 16.6. The third kappa shape index (κ3) is 3.96. The molecule has 0 radical (unpaired) electrons. The Hall–Kier alpha value is -1.69. The fraction of sp³-hybridized carbons (Fsp3) is 0.500. The first kappa shape index (κ1) is 14.4. The summed E-state index contributed by atoms with van der Waals surface area (Å²) >= 11 is 0. The number of aromatic nitrogens is 1. The van der Waals surface area contributed by atoms with E-state index < -0.39 is 11.8 Å². The predicted octanol–water partition coefficient (Wildman–Crippen LogP) is 1.67. The van der Waals surface area contributed by atoms with Crippen molar-refractivity contribution in [2.24, 2.45) is 0 Å². The summed E-state index contributed by atoms with van der Waals surface area (Å²) in [5.41, 5.74) is -0.368. The van der Waals surface area contributed by atoms with Crippen molar-refractivity contribution in [1.82, 2.24) is 9.88 Å². The van der Waals surface area contributed by atoms with Gasteiger partial charge in [-0.05, 0) is 40.1 Å². The van der Waals surface area contributed by atoms with E-state index >= 15 is 0 Å². The highest BCUT2D eigenvalue weighted by molar-refractivity contribution is 5.88. The molecule has 1 atom stereocenters. The molecule has 0 bridgehead atoms. The van der Waals surface area contributed by atoms with E-state index in [0.29, 0.717) is 0 Å². The summed E-state index contributed by atoms with van der Waals surface area (Å²) in [6.45, 7) is 2.76. The van der Waals surface area contributed by atoms with Gasteiger partial charge in [0.1, 0.15) is 5.56 Å². The van der Waals surface area contributed by atoms with E-state index in [-0.39, 0.29) is 17.4 Å². The second kappa shape index (κ2) is 6.30. The lowest BCUT2D eigenvalue weighted by molar-refractivity contribution is 0.0692. The number of carboxylic acids is 1. The molecule has 1 aromatic heterocycles. The number of nitrogens with zero attached hydrogens (tertiary/aromatic N) is 2. The molecule has 0 spiro atoms. The van der Waals surface area contributed by atoms with Crippen LogP contribution in [0.4, 0.5) is 10.2 Å². The number of pyridine rings is 1. The zero-order valence-electron chi connectivity index (χ0n) is 10.8. The maximum atomic E-state index is 13.8. The quantitative estimate of drug-likeness (QED) is 0.809. The highest BCUT2D eigenvalue weighted by Crippen LogP contribution is 2.16. The molecular weight excluding hydrogens is 237 g/mol. The summed E-state index contributed by atoms with van der Waals surface area (Å²) in [6.07, 6.45) is 2.10. The molecular formula is C12H18FN3O2. The third-order valence-corrected chi connectivity index (χ3v) is 2.51. The second-order valence-corrected chi connectivity index (χ2v) is 4.46. The Morgan fingerprint density at radius 1 is 1.61 bits per heavy atom. The molecule has 1 aromatic rings. The van der Waals surface area contributed by atoms with Crippen molar-refractivity contribution in [1.29, 1.82) is 0 Å². The minimum Gasteiger partial charge on any atom is -0.478 e. The standard InChI is InChI=1S/C12H18FN3O2/c1-8(5-7-16(2)3)15-11-10(13)9(12(17)18)4-6-14-11/h4,6,8H,5,7H2,1-3H3,(H,14,15)(H,17,18). The van der Waals surface area contributed by atoms with Crippen molar-refractivity contribution in [2.45, 2.75) is 19.4 Å². The highest BCUT2D eigenvalue weighted by atomic mass is 19.1. The maximum Gasteiger partial charge on any atom is 0.338 e. The van der Waals surface area contributed by atoms with Gasteiger partial charge in [-0.2, -0.15) is 0 Å². The van der Waals surface area contributed by atoms with Crippen LogP contribution in [-0.2, 0) is 0 Å². The van der Waals surface area contributed by atoms with Crippen LogP contribution >= 0.6 is 0 Å². The number of carbonyl (C=O) groups is 1. The number of hydrogen-bond donors (Lipinski definition) is 2. The topological polar surface area (TPSA) is 65.5 Å². The Morgan fingerprint density at radius 3 is 2.83 bits per heavy atom. The highest BCUT2D eigenvalue weighted by Gasteiger charge is 2.16. The molecule has 0 saturated heterocycles. The average molecular weight is 255 g/mol. The zero-order valence-corrected chi connectivity index (χ0v) is 10.8. The van der Waals surface area contributed by atoms with Gasteiger partial charge in [0, 0.05) is 12.2 Å². The summed E-state index contributed by atoms with van der Waals surface area (Å²) in [6, 6.07) is 1.16. The molecule has 0 aliphatic heterocycles. The van der Waals surface area contributed by atoms with Crippen LogP contribution in [0.25, 0.3) is 0 Å². The van der Waals surface area contributed by atoms with Crippen molar-refractivity contribution in [3.8, 4) is 0 Å². The zero-order chi connectivity index (χ0) is 13.7. The Bertz CT molecular complexity index is 424. The van der Waals surface area contributed by atoms with Crippen molar-refractivity contribution < 1.29 is 14.3 Å². The van der Waals surface area contributed by atoms with Crippen LogP contribution in [0.2, 0.25) is 0 Å². The van der Waals surface area contributed by atoms with Crippen LogP contribution in [0.5, 0.6) is 0 Å². The van der Waals surface area contributed by atoms with Gasteiger partial charge in [0.05, 0.1) is 0 Å². The minimum absolute atomic E-state index is 0.0124. The largest absolute Gasteiger partial charge is 0.478 e. The van der Waals surface area contributed by atoms with Crippen LogP contribution in [0, 0.1) is 5.82 Å². The molecule has 0 aromatic carbocycles. The molecule has 5 nitrogen and oxygen atoms in total. The lowest BCUT2D eigenvalue weighted by Gasteiger charge is -2.17. The SMILES string of the molecule is CC(CCN(C)C)Nc1nccc(C(=O)O)c1F. The molecule has 1 heterocycles. The molecule has 0 aliphatic rings. The Labute approximate surface area is 106 Å². The number of halogens is 1. The fourth-order valence-corrected chi connectivity index (χ4v) is 1.47. The van der Waals surface area contributed by atoms with Crippen molar-refractivity contribution >= 4 is 11.8 Å². The number of aromatic carboxylic acids is 1. The number of nitrogens with one attached hydrogen (secondary N) is 1. The normalized spacial score (nSPS) is 12.5. The van der Waals surface area contributed by atoms with Crippen molar-refractivity contribution in [3.05, 3.63) is 23.6 Å². The number of hydrogen-bond acceptors (Lipinski definition) is 4. The first-order valence-electron chi connectivity index (χ1n) is 5.71. The summed E-state index contributed by atoms with van der Waals surface area (Å²) in [5.74, 6) is -2.12. The van der Waals surface area contributed by atoms with Gasteiger partial charge in [0.15, 0.2) is 11.6 Å². The Morgan fingerprint density at radius 2 is 2.28 bits per heavy atom. The predicted molar refractivity (Wildman–Crippen MR) is 67.4 cm³/mol. The van der Waals surface area contributed by atoms with Crippen LogP contribution in [0.3, 0.4) is 0 Å². The van der Waals surface area contributed by atoms with Crippen LogP contribution < -0.4 is 5.32 Å². The lowest BCUT2D eigenvalue weighted by Crippen LogP contribution is -2.24. The number of anilines is 1. The molecule has 0 fully saturated rings. The Balaban J connectivity index is 2.73. The molecule has 0 amide bonds. The maximum absolute atomic E-state index is 13.8. The van der Waals surface area contributed by atoms with Gasteiger partial charge in [-0.15, -0.1) is 0 Å². The van der Waals surface area contributed by atoms with Gasteiger partial charge in [-0.1, -0.05) is 0 Å². The molecule has 2 N–H and O–H groups in total. The number of rotatable bonds is 6. The molecule has 0 aliphatic carbocycles. The van der Waals surface area contributed by atoms with Gasteiger partial charge >= 0.3 is 5.97 Å². The van der Waals surface area contributed by atoms with E-state index in [1.165, 1.54) is 6.20 Å². The van der Waals surface area contributed by atoms with E-state index in [9.17, 15) is 9.18 Å².